The molecule has 0 aliphatic heterocycles. The highest BCUT2D eigenvalue weighted by Gasteiger charge is 2.35. The second-order valence-electron chi connectivity index (χ2n) is 6.75. The lowest BCUT2D eigenvalue weighted by Gasteiger charge is -2.20. The van der Waals surface area contributed by atoms with E-state index in [2.05, 4.69) is 0 Å². The first kappa shape index (κ1) is 19.2. The van der Waals surface area contributed by atoms with Crippen LogP contribution in [0.15, 0.2) is 30.3 Å². The Balaban J connectivity index is 2.02. The summed E-state index contributed by atoms with van der Waals surface area (Å²) in [4.78, 5) is 49.5. The van der Waals surface area contributed by atoms with Crippen LogP contribution >= 0.6 is 0 Å². The first-order chi connectivity index (χ1) is 13.1. The van der Waals surface area contributed by atoms with E-state index in [0.29, 0.717) is 0 Å². The van der Waals surface area contributed by atoms with E-state index in [1.807, 2.05) is 0 Å². The average Bonchev–Trinajstić information content (AvgIpc) is 2.64. The normalized spacial score (nSPS) is 13.7. The second kappa shape index (κ2) is 6.90. The number of rotatable bonds is 3. The second-order valence-corrected chi connectivity index (χ2v) is 6.75. The molecule has 0 heterocycles. The number of fused-ring (bicyclic) bond motifs is 2. The molecule has 28 heavy (non-hydrogen) atoms. The van der Waals surface area contributed by atoms with Gasteiger partial charge < -0.3 is 20.7 Å². The SMILES string of the molecule is CC(C)[C@H](N)C(=O)OC(=O)c1cc(O)c2c(c1)C(=O)c1cccc(O)c1C2=O. The fraction of sp³-hybridized carbons (Fsp3) is 0.200. The van der Waals surface area contributed by atoms with Gasteiger partial charge in [-0.3, -0.25) is 9.59 Å². The first-order valence-electron chi connectivity index (χ1n) is 8.43. The zero-order chi connectivity index (χ0) is 20.7. The number of phenolic OH excluding ortho intramolecular Hbond substituents is 2. The van der Waals surface area contributed by atoms with Gasteiger partial charge in [0.2, 0.25) is 5.78 Å². The van der Waals surface area contributed by atoms with Crippen molar-refractivity contribution in [2.75, 3.05) is 0 Å². The number of esters is 2. The van der Waals surface area contributed by atoms with Crippen LogP contribution in [0.5, 0.6) is 11.5 Å². The molecule has 2 aromatic carbocycles. The quantitative estimate of drug-likeness (QED) is 0.456. The average molecular weight is 383 g/mol. The summed E-state index contributed by atoms with van der Waals surface area (Å²) in [6.07, 6.45) is 0. The van der Waals surface area contributed by atoms with Crippen LogP contribution in [0.2, 0.25) is 0 Å². The molecule has 0 spiro atoms. The Hall–Kier alpha value is -3.52. The Morgan fingerprint density at radius 1 is 0.964 bits per heavy atom. The number of benzene rings is 2. The minimum atomic E-state index is -1.11. The highest BCUT2D eigenvalue weighted by atomic mass is 16.6. The molecule has 1 aliphatic rings. The van der Waals surface area contributed by atoms with Crippen LogP contribution in [-0.2, 0) is 9.53 Å². The molecule has 8 nitrogen and oxygen atoms in total. The van der Waals surface area contributed by atoms with Gasteiger partial charge in [-0.25, -0.2) is 9.59 Å². The van der Waals surface area contributed by atoms with E-state index >= 15 is 0 Å². The Kier molecular flexibility index (Phi) is 4.74. The van der Waals surface area contributed by atoms with E-state index in [9.17, 15) is 29.4 Å². The number of hydrogen-bond acceptors (Lipinski definition) is 8. The third-order valence-corrected chi connectivity index (χ3v) is 4.52. The summed E-state index contributed by atoms with van der Waals surface area (Å²) in [7, 11) is 0. The molecule has 0 saturated heterocycles. The van der Waals surface area contributed by atoms with Crippen molar-refractivity contribution in [3.63, 3.8) is 0 Å². The molecule has 0 aromatic heterocycles. The minimum Gasteiger partial charge on any atom is -0.507 e. The molecule has 0 radical (unpaired) electrons. The van der Waals surface area contributed by atoms with Gasteiger partial charge in [-0.1, -0.05) is 26.0 Å². The molecule has 0 unspecified atom stereocenters. The zero-order valence-electron chi connectivity index (χ0n) is 15.1. The number of ketones is 2. The Bertz CT molecular complexity index is 1040. The molecule has 144 valence electrons. The molecule has 0 amide bonds. The lowest BCUT2D eigenvalue weighted by Crippen LogP contribution is -2.38. The molecule has 0 bridgehead atoms. The Morgan fingerprint density at radius 3 is 2.25 bits per heavy atom. The van der Waals surface area contributed by atoms with Gasteiger partial charge in [-0.15, -0.1) is 0 Å². The number of hydrogen-bond donors (Lipinski definition) is 3. The van der Waals surface area contributed by atoms with E-state index < -0.39 is 41.0 Å². The fourth-order valence-corrected chi connectivity index (χ4v) is 2.89. The molecule has 4 N–H and O–H groups in total. The van der Waals surface area contributed by atoms with Crippen molar-refractivity contribution in [3.8, 4) is 11.5 Å². The maximum absolute atomic E-state index is 12.7. The van der Waals surface area contributed by atoms with Gasteiger partial charge in [0.1, 0.15) is 17.5 Å². The van der Waals surface area contributed by atoms with Crippen LogP contribution in [0.25, 0.3) is 0 Å². The van der Waals surface area contributed by atoms with Gasteiger partial charge >= 0.3 is 11.9 Å². The summed E-state index contributed by atoms with van der Waals surface area (Å²) < 4.78 is 4.71. The maximum atomic E-state index is 12.7. The molecule has 1 aliphatic carbocycles. The van der Waals surface area contributed by atoms with E-state index in [4.69, 9.17) is 10.5 Å². The van der Waals surface area contributed by atoms with Crippen molar-refractivity contribution in [2.45, 2.75) is 19.9 Å². The van der Waals surface area contributed by atoms with Crippen LogP contribution in [0.3, 0.4) is 0 Å². The van der Waals surface area contributed by atoms with Crippen molar-refractivity contribution in [3.05, 3.63) is 58.1 Å². The van der Waals surface area contributed by atoms with Gasteiger partial charge in [0.05, 0.1) is 16.7 Å². The predicted molar refractivity (Wildman–Crippen MR) is 96.3 cm³/mol. The summed E-state index contributed by atoms with van der Waals surface area (Å²) in [6.45, 7) is 3.36. The largest absolute Gasteiger partial charge is 0.507 e. The Labute approximate surface area is 159 Å². The first-order valence-corrected chi connectivity index (χ1v) is 8.43. The van der Waals surface area contributed by atoms with Crippen molar-refractivity contribution in [2.24, 2.45) is 11.7 Å². The summed E-state index contributed by atoms with van der Waals surface area (Å²) in [5.41, 5.74) is 4.52. The van der Waals surface area contributed by atoms with Crippen LogP contribution in [-0.4, -0.2) is 39.8 Å². The fourth-order valence-electron chi connectivity index (χ4n) is 2.89. The number of ether oxygens (including phenoxy) is 1. The van der Waals surface area contributed by atoms with Crippen molar-refractivity contribution in [1.29, 1.82) is 0 Å². The highest BCUT2D eigenvalue weighted by Crippen LogP contribution is 2.37. The molecule has 8 heteroatoms. The monoisotopic (exact) mass is 383 g/mol. The third-order valence-electron chi connectivity index (χ3n) is 4.52. The molecule has 0 saturated carbocycles. The van der Waals surface area contributed by atoms with Gasteiger partial charge in [0.25, 0.3) is 0 Å². The number of nitrogens with two attached hydrogens (primary N) is 1. The zero-order valence-corrected chi connectivity index (χ0v) is 15.1. The van der Waals surface area contributed by atoms with Gasteiger partial charge in [0.15, 0.2) is 5.78 Å². The predicted octanol–water partition coefficient (Wildman–Crippen LogP) is 1.54. The molecule has 1 atom stereocenters. The summed E-state index contributed by atoms with van der Waals surface area (Å²) in [6, 6.07) is 4.97. The third kappa shape index (κ3) is 3.03. The standard InChI is InChI=1S/C20H17NO7/c1-8(2)16(21)20(27)28-19(26)9-6-11-15(13(23)7-9)18(25)14-10(17(11)24)4-3-5-12(14)22/h3-8,16,22-23H,21H2,1-2H3/t16-/m0/s1. The minimum absolute atomic E-state index is 0.0553. The maximum Gasteiger partial charge on any atom is 0.345 e. The Morgan fingerprint density at radius 2 is 1.61 bits per heavy atom. The van der Waals surface area contributed by atoms with E-state index in [-0.39, 0.29) is 33.7 Å². The van der Waals surface area contributed by atoms with Crippen LogP contribution in [0.4, 0.5) is 0 Å². The summed E-state index contributed by atoms with van der Waals surface area (Å²) >= 11 is 0. The number of carbonyl (C=O) groups is 4. The summed E-state index contributed by atoms with van der Waals surface area (Å²) in [5, 5.41) is 20.2. The van der Waals surface area contributed by atoms with Gasteiger partial charge in [0, 0.05) is 11.1 Å². The van der Waals surface area contributed by atoms with Crippen molar-refractivity contribution < 1.29 is 34.1 Å². The molecule has 0 fully saturated rings. The van der Waals surface area contributed by atoms with Crippen molar-refractivity contribution in [1.82, 2.24) is 0 Å². The van der Waals surface area contributed by atoms with E-state index in [1.165, 1.54) is 18.2 Å². The van der Waals surface area contributed by atoms with Crippen LogP contribution < -0.4 is 5.73 Å². The van der Waals surface area contributed by atoms with Gasteiger partial charge in [-0.2, -0.15) is 0 Å². The van der Waals surface area contributed by atoms with Crippen LogP contribution in [0, 0.1) is 5.92 Å². The lowest BCUT2D eigenvalue weighted by molar-refractivity contribution is -0.140. The lowest BCUT2D eigenvalue weighted by atomic mass is 9.82. The molecular formula is C20H17NO7. The number of aromatic hydroxyl groups is 2. The van der Waals surface area contributed by atoms with Crippen LogP contribution in [0.1, 0.15) is 56.0 Å². The molecule has 3 rings (SSSR count). The smallest absolute Gasteiger partial charge is 0.345 e. The number of phenols is 2. The molecular weight excluding hydrogens is 366 g/mol. The summed E-state index contributed by atoms with van der Waals surface area (Å²) in [5.74, 6) is -4.76. The number of carbonyl (C=O) groups excluding carboxylic acids is 4. The van der Waals surface area contributed by atoms with E-state index in [0.717, 1.165) is 12.1 Å². The van der Waals surface area contributed by atoms with Crippen molar-refractivity contribution >= 4 is 23.5 Å². The highest BCUT2D eigenvalue weighted by molar-refractivity contribution is 6.30. The molecule has 2 aromatic rings. The topological polar surface area (TPSA) is 144 Å². The van der Waals surface area contributed by atoms with E-state index in [1.54, 1.807) is 13.8 Å². The van der Waals surface area contributed by atoms with Gasteiger partial charge in [-0.05, 0) is 24.1 Å².